The van der Waals surface area contributed by atoms with Crippen LogP contribution in [0, 0.1) is 5.92 Å². The van der Waals surface area contributed by atoms with Gasteiger partial charge in [0.2, 0.25) is 0 Å². The van der Waals surface area contributed by atoms with E-state index in [0.717, 1.165) is 11.3 Å². The van der Waals surface area contributed by atoms with Gasteiger partial charge in [0.25, 0.3) is 0 Å². The Labute approximate surface area is 122 Å². The van der Waals surface area contributed by atoms with Crippen LogP contribution in [-0.2, 0) is 14.3 Å². The molecule has 0 amide bonds. The zero-order valence-corrected chi connectivity index (χ0v) is 12.0. The number of carbonyl (C=O) groups excluding carboxylic acids is 2. The number of carbonyl (C=O) groups is 2. The standard InChI is InChI=1S/C14H15ClN2O3/c1-8-12(14(19)13(15)9(2)17-8)10-3-4-11(16-7-10)20-6-5-18/h3-5,12,16H,6-7H2,1-2H3. The van der Waals surface area contributed by atoms with E-state index in [0.29, 0.717) is 24.4 Å². The number of allylic oxidation sites excluding steroid dienone is 4. The van der Waals surface area contributed by atoms with Crippen LogP contribution in [0.2, 0.25) is 0 Å². The molecule has 2 heterocycles. The van der Waals surface area contributed by atoms with E-state index in [1.54, 1.807) is 13.0 Å². The van der Waals surface area contributed by atoms with Gasteiger partial charge in [0, 0.05) is 12.3 Å². The molecule has 0 aromatic carbocycles. The molecule has 2 aliphatic heterocycles. The van der Waals surface area contributed by atoms with E-state index < -0.39 is 5.92 Å². The Morgan fingerprint density at radius 2 is 2.25 bits per heavy atom. The second kappa shape index (κ2) is 6.05. The molecular formula is C14H15ClN2O3. The van der Waals surface area contributed by atoms with Gasteiger partial charge < -0.3 is 10.1 Å². The summed E-state index contributed by atoms with van der Waals surface area (Å²) in [6.07, 6.45) is 4.18. The third-order valence-corrected chi connectivity index (χ3v) is 3.61. The summed E-state index contributed by atoms with van der Waals surface area (Å²) >= 11 is 5.99. The molecule has 20 heavy (non-hydrogen) atoms. The fourth-order valence-electron chi connectivity index (χ4n) is 2.22. The molecular weight excluding hydrogens is 280 g/mol. The average Bonchev–Trinajstić information content (AvgIpc) is 2.44. The highest BCUT2D eigenvalue weighted by molar-refractivity contribution is 6.45. The highest BCUT2D eigenvalue weighted by Gasteiger charge is 2.32. The Morgan fingerprint density at radius 1 is 1.50 bits per heavy atom. The van der Waals surface area contributed by atoms with Gasteiger partial charge in [-0.3, -0.25) is 14.6 Å². The van der Waals surface area contributed by atoms with Crippen molar-refractivity contribution in [3.63, 3.8) is 0 Å². The Kier molecular flexibility index (Phi) is 4.39. The summed E-state index contributed by atoms with van der Waals surface area (Å²) in [5.41, 5.74) is 2.16. The molecule has 106 valence electrons. The maximum Gasteiger partial charge on any atom is 0.188 e. The lowest BCUT2D eigenvalue weighted by molar-refractivity contribution is -0.116. The van der Waals surface area contributed by atoms with Crippen molar-refractivity contribution in [2.75, 3.05) is 13.2 Å². The number of dihydropyridines is 1. The Hall–Kier alpha value is -1.88. The first-order chi connectivity index (χ1) is 9.54. The van der Waals surface area contributed by atoms with Crippen molar-refractivity contribution in [1.29, 1.82) is 0 Å². The predicted octanol–water partition coefficient (Wildman–Crippen LogP) is 1.70. The van der Waals surface area contributed by atoms with E-state index in [1.165, 1.54) is 0 Å². The zero-order chi connectivity index (χ0) is 14.7. The van der Waals surface area contributed by atoms with Gasteiger partial charge >= 0.3 is 0 Å². The highest BCUT2D eigenvalue weighted by Crippen LogP contribution is 2.29. The summed E-state index contributed by atoms with van der Waals surface area (Å²) in [6.45, 7) is 3.99. The molecule has 1 atom stereocenters. The summed E-state index contributed by atoms with van der Waals surface area (Å²) < 4.78 is 5.15. The summed E-state index contributed by atoms with van der Waals surface area (Å²) in [5, 5.41) is 3.20. The first-order valence-electron chi connectivity index (χ1n) is 6.21. The third kappa shape index (κ3) is 2.82. The Bertz CT molecular complexity index is 571. The summed E-state index contributed by atoms with van der Waals surface area (Å²) in [7, 11) is 0. The van der Waals surface area contributed by atoms with Crippen LogP contribution < -0.4 is 5.32 Å². The van der Waals surface area contributed by atoms with Crippen molar-refractivity contribution >= 4 is 29.4 Å². The molecule has 6 heteroatoms. The second-order valence-electron chi connectivity index (χ2n) is 4.55. The van der Waals surface area contributed by atoms with Crippen LogP contribution in [0.5, 0.6) is 0 Å². The van der Waals surface area contributed by atoms with Crippen LogP contribution in [-0.4, -0.2) is 30.9 Å². The molecule has 0 saturated carbocycles. The predicted molar refractivity (Wildman–Crippen MR) is 76.3 cm³/mol. The molecule has 0 saturated heterocycles. The second-order valence-corrected chi connectivity index (χ2v) is 4.93. The minimum absolute atomic E-state index is 0.00138. The van der Waals surface area contributed by atoms with Crippen molar-refractivity contribution in [2.45, 2.75) is 13.8 Å². The summed E-state index contributed by atoms with van der Waals surface area (Å²) in [6, 6.07) is 0. The minimum atomic E-state index is -0.428. The van der Waals surface area contributed by atoms with Gasteiger partial charge in [0.1, 0.15) is 11.6 Å². The molecule has 0 fully saturated rings. The summed E-state index contributed by atoms with van der Waals surface area (Å²) in [5.74, 6) is -0.0468. The van der Waals surface area contributed by atoms with E-state index in [9.17, 15) is 9.59 Å². The van der Waals surface area contributed by atoms with Crippen molar-refractivity contribution in [3.8, 4) is 0 Å². The maximum atomic E-state index is 12.3. The number of rotatable bonds is 4. The first kappa shape index (κ1) is 14.5. The fraction of sp³-hybridized carbons (Fsp3) is 0.357. The van der Waals surface area contributed by atoms with Gasteiger partial charge in [0.05, 0.1) is 11.6 Å². The number of Topliss-reactive ketones (excluding diaryl/α,β-unsaturated/α-hetero) is 1. The van der Waals surface area contributed by atoms with Gasteiger partial charge in [-0.15, -0.1) is 0 Å². The smallest absolute Gasteiger partial charge is 0.188 e. The van der Waals surface area contributed by atoms with Crippen molar-refractivity contribution in [2.24, 2.45) is 10.9 Å². The van der Waals surface area contributed by atoms with E-state index in [4.69, 9.17) is 16.3 Å². The molecule has 0 spiro atoms. The quantitative estimate of drug-likeness (QED) is 0.802. The van der Waals surface area contributed by atoms with Gasteiger partial charge in [-0.05, 0) is 25.5 Å². The number of ether oxygens (including phenoxy) is 1. The average molecular weight is 295 g/mol. The summed E-state index contributed by atoms with van der Waals surface area (Å²) in [4.78, 5) is 26.8. The Morgan fingerprint density at radius 3 is 2.85 bits per heavy atom. The molecule has 2 rings (SSSR count). The van der Waals surface area contributed by atoms with E-state index in [-0.39, 0.29) is 17.4 Å². The third-order valence-electron chi connectivity index (χ3n) is 3.15. The molecule has 0 bridgehead atoms. The molecule has 0 aromatic rings. The molecule has 0 aromatic heterocycles. The Balaban J connectivity index is 2.20. The van der Waals surface area contributed by atoms with Crippen molar-refractivity contribution in [3.05, 3.63) is 34.3 Å². The highest BCUT2D eigenvalue weighted by atomic mass is 35.5. The molecule has 5 nitrogen and oxygen atoms in total. The minimum Gasteiger partial charge on any atom is -0.472 e. The lowest BCUT2D eigenvalue weighted by Gasteiger charge is -2.25. The number of hydrogen-bond acceptors (Lipinski definition) is 5. The molecule has 1 unspecified atom stereocenters. The number of halogens is 1. The van der Waals surface area contributed by atoms with Gasteiger partial charge in [0.15, 0.2) is 18.0 Å². The lowest BCUT2D eigenvalue weighted by atomic mass is 9.87. The van der Waals surface area contributed by atoms with Crippen LogP contribution in [0.15, 0.2) is 39.3 Å². The van der Waals surface area contributed by atoms with Crippen LogP contribution in [0.25, 0.3) is 0 Å². The van der Waals surface area contributed by atoms with Crippen molar-refractivity contribution < 1.29 is 14.3 Å². The van der Waals surface area contributed by atoms with Gasteiger partial charge in [-0.1, -0.05) is 17.7 Å². The SMILES string of the molecule is CC1=NC(C)=C(Cl)C(=O)C1C1=CC=C(OCC=O)NC1. The number of hydrogen-bond donors (Lipinski definition) is 1. The largest absolute Gasteiger partial charge is 0.472 e. The molecule has 0 aliphatic carbocycles. The lowest BCUT2D eigenvalue weighted by Crippen LogP contribution is -2.34. The van der Waals surface area contributed by atoms with Gasteiger partial charge in [-0.2, -0.15) is 0 Å². The van der Waals surface area contributed by atoms with Crippen molar-refractivity contribution in [1.82, 2.24) is 5.32 Å². The van der Waals surface area contributed by atoms with E-state index in [1.807, 2.05) is 13.0 Å². The van der Waals surface area contributed by atoms with Crippen LogP contribution >= 0.6 is 11.6 Å². The first-order valence-corrected chi connectivity index (χ1v) is 6.59. The monoisotopic (exact) mass is 294 g/mol. The van der Waals surface area contributed by atoms with Crippen LogP contribution in [0.4, 0.5) is 0 Å². The van der Waals surface area contributed by atoms with E-state index in [2.05, 4.69) is 10.3 Å². The fourth-order valence-corrected chi connectivity index (χ4v) is 2.37. The van der Waals surface area contributed by atoms with Gasteiger partial charge in [-0.25, -0.2) is 0 Å². The maximum absolute atomic E-state index is 12.3. The number of ketones is 1. The molecule has 1 N–H and O–H groups in total. The topological polar surface area (TPSA) is 67.8 Å². The number of aldehydes is 1. The normalized spacial score (nSPS) is 22.6. The molecule has 0 radical (unpaired) electrons. The number of nitrogens with one attached hydrogen (secondary N) is 1. The zero-order valence-electron chi connectivity index (χ0n) is 11.3. The van der Waals surface area contributed by atoms with Crippen LogP contribution in [0.1, 0.15) is 13.8 Å². The number of nitrogens with zero attached hydrogens (tertiary/aromatic N) is 1. The van der Waals surface area contributed by atoms with E-state index >= 15 is 0 Å². The number of aliphatic imine (C=N–C) groups is 1. The van der Waals surface area contributed by atoms with Crippen LogP contribution in [0.3, 0.4) is 0 Å². The molecule has 2 aliphatic rings.